The van der Waals surface area contributed by atoms with Crippen molar-refractivity contribution in [2.45, 2.75) is 20.8 Å². The fourth-order valence-electron chi connectivity index (χ4n) is 2.26. The zero-order chi connectivity index (χ0) is 13.6. The minimum atomic E-state index is -0.0150. The Kier molecular flexibility index (Phi) is 2.79. The lowest BCUT2D eigenvalue weighted by Crippen LogP contribution is -2.00. The second-order valence-electron chi connectivity index (χ2n) is 4.82. The Morgan fingerprint density at radius 1 is 1.16 bits per heavy atom. The number of rotatable bonds is 2. The number of aryl methyl sites for hydroxylation is 3. The van der Waals surface area contributed by atoms with Crippen molar-refractivity contribution in [2.24, 2.45) is 0 Å². The van der Waals surface area contributed by atoms with Crippen LogP contribution in [-0.4, -0.2) is 5.78 Å². The summed E-state index contributed by atoms with van der Waals surface area (Å²) in [6.45, 7) is 5.93. The summed E-state index contributed by atoms with van der Waals surface area (Å²) in [6.07, 6.45) is 0. The molecule has 0 atom stereocenters. The fraction of sp³-hybridized carbons (Fsp3) is 0.188. The molecule has 0 aliphatic carbocycles. The first-order valence-electron chi connectivity index (χ1n) is 6.16. The first-order valence-corrected chi connectivity index (χ1v) is 7.04. The molecule has 0 radical (unpaired) electrons. The third-order valence-electron chi connectivity index (χ3n) is 3.37. The zero-order valence-corrected chi connectivity index (χ0v) is 11.9. The van der Waals surface area contributed by atoms with Gasteiger partial charge in [0.25, 0.3) is 0 Å². The molecule has 3 heteroatoms. The van der Waals surface area contributed by atoms with E-state index in [0.29, 0.717) is 5.76 Å². The second-order valence-corrected chi connectivity index (χ2v) is 5.73. The maximum absolute atomic E-state index is 12.5. The van der Waals surface area contributed by atoms with Gasteiger partial charge in [0.05, 0.1) is 4.88 Å². The van der Waals surface area contributed by atoms with Gasteiger partial charge in [0.15, 0.2) is 5.76 Å². The van der Waals surface area contributed by atoms with Gasteiger partial charge in [0.1, 0.15) is 5.58 Å². The minimum Gasteiger partial charge on any atom is -0.452 e. The molecule has 0 amide bonds. The van der Waals surface area contributed by atoms with E-state index in [1.54, 1.807) is 0 Å². The second kappa shape index (κ2) is 4.35. The molecular weight excluding hydrogens is 256 g/mol. The SMILES string of the molecule is Cc1ccc2oc(C(=O)c3sccc3C)c(C)c2c1. The molecule has 0 aliphatic heterocycles. The lowest BCUT2D eigenvalue weighted by Gasteiger charge is -1.97. The summed E-state index contributed by atoms with van der Waals surface area (Å²) in [4.78, 5) is 13.3. The molecule has 0 aliphatic rings. The summed E-state index contributed by atoms with van der Waals surface area (Å²) in [6, 6.07) is 7.94. The normalized spacial score (nSPS) is 11.1. The van der Waals surface area contributed by atoms with Crippen molar-refractivity contribution in [3.8, 4) is 0 Å². The lowest BCUT2D eigenvalue weighted by atomic mass is 10.1. The molecule has 0 N–H and O–H groups in total. The van der Waals surface area contributed by atoms with Crippen molar-refractivity contribution < 1.29 is 9.21 Å². The smallest absolute Gasteiger partial charge is 0.238 e. The Morgan fingerprint density at radius 2 is 1.95 bits per heavy atom. The molecule has 0 saturated heterocycles. The molecule has 0 unspecified atom stereocenters. The van der Waals surface area contributed by atoms with Crippen molar-refractivity contribution in [1.82, 2.24) is 0 Å². The van der Waals surface area contributed by atoms with Gasteiger partial charge in [0.2, 0.25) is 5.78 Å². The van der Waals surface area contributed by atoms with E-state index in [4.69, 9.17) is 4.42 Å². The van der Waals surface area contributed by atoms with E-state index in [-0.39, 0.29) is 5.78 Å². The third-order valence-corrected chi connectivity index (χ3v) is 4.38. The summed E-state index contributed by atoms with van der Waals surface area (Å²) >= 11 is 1.46. The number of hydrogen-bond acceptors (Lipinski definition) is 3. The number of fused-ring (bicyclic) bond motifs is 1. The van der Waals surface area contributed by atoms with Crippen LogP contribution < -0.4 is 0 Å². The van der Waals surface area contributed by atoms with E-state index in [1.807, 2.05) is 44.4 Å². The fourth-order valence-corrected chi connectivity index (χ4v) is 3.12. The van der Waals surface area contributed by atoms with Crippen LogP contribution in [0.15, 0.2) is 34.1 Å². The number of carbonyl (C=O) groups is 1. The summed E-state index contributed by atoms with van der Waals surface area (Å²) in [5.74, 6) is 0.449. The molecule has 3 aromatic rings. The van der Waals surface area contributed by atoms with Crippen molar-refractivity contribution in [3.05, 3.63) is 57.0 Å². The Morgan fingerprint density at radius 3 is 2.63 bits per heavy atom. The van der Waals surface area contributed by atoms with Gasteiger partial charge in [-0.3, -0.25) is 4.79 Å². The molecule has 1 aromatic carbocycles. The van der Waals surface area contributed by atoms with E-state index < -0.39 is 0 Å². The maximum Gasteiger partial charge on any atom is 0.238 e. The molecule has 3 rings (SSSR count). The average molecular weight is 270 g/mol. The highest BCUT2D eigenvalue weighted by Crippen LogP contribution is 2.29. The predicted octanol–water partition coefficient (Wildman–Crippen LogP) is 4.65. The Labute approximate surface area is 115 Å². The number of benzene rings is 1. The molecule has 0 saturated carbocycles. The summed E-state index contributed by atoms with van der Waals surface area (Å²) in [5.41, 5.74) is 3.88. The molecule has 2 heterocycles. The van der Waals surface area contributed by atoms with Gasteiger partial charge in [-0.05, 0) is 49.9 Å². The molecule has 0 spiro atoms. The number of furan rings is 1. The highest BCUT2D eigenvalue weighted by atomic mass is 32.1. The number of thiophene rings is 1. The van der Waals surface area contributed by atoms with E-state index in [2.05, 4.69) is 6.07 Å². The topological polar surface area (TPSA) is 30.2 Å². The largest absolute Gasteiger partial charge is 0.452 e. The Balaban J connectivity index is 2.18. The highest BCUT2D eigenvalue weighted by molar-refractivity contribution is 7.12. The highest BCUT2D eigenvalue weighted by Gasteiger charge is 2.21. The van der Waals surface area contributed by atoms with Crippen molar-refractivity contribution in [1.29, 1.82) is 0 Å². The van der Waals surface area contributed by atoms with Crippen LogP contribution in [0.5, 0.6) is 0 Å². The molecule has 0 fully saturated rings. The van der Waals surface area contributed by atoms with E-state index in [0.717, 1.165) is 27.0 Å². The summed E-state index contributed by atoms with van der Waals surface area (Å²) in [5, 5.41) is 2.96. The van der Waals surface area contributed by atoms with E-state index >= 15 is 0 Å². The van der Waals surface area contributed by atoms with Gasteiger partial charge in [-0.25, -0.2) is 0 Å². The van der Waals surface area contributed by atoms with Gasteiger partial charge < -0.3 is 4.42 Å². The van der Waals surface area contributed by atoms with Gasteiger partial charge in [-0.1, -0.05) is 11.6 Å². The van der Waals surface area contributed by atoms with Crippen molar-refractivity contribution >= 4 is 28.1 Å². The number of carbonyl (C=O) groups excluding carboxylic acids is 1. The Bertz CT molecular complexity index is 777. The van der Waals surface area contributed by atoms with Crippen LogP contribution >= 0.6 is 11.3 Å². The quantitative estimate of drug-likeness (QED) is 0.634. The van der Waals surface area contributed by atoms with Crippen LogP contribution in [0.2, 0.25) is 0 Å². The monoisotopic (exact) mass is 270 g/mol. The molecule has 96 valence electrons. The molecule has 2 aromatic heterocycles. The third kappa shape index (κ3) is 1.90. The van der Waals surface area contributed by atoms with E-state index in [9.17, 15) is 4.79 Å². The standard InChI is InChI=1S/C16H14O2S/c1-9-4-5-13-12(8-9)11(3)15(18-13)14(17)16-10(2)6-7-19-16/h4-8H,1-3H3. The first-order chi connectivity index (χ1) is 9.08. The lowest BCUT2D eigenvalue weighted by molar-refractivity contribution is 0.101. The van der Waals surface area contributed by atoms with Crippen molar-refractivity contribution in [2.75, 3.05) is 0 Å². The molecular formula is C16H14O2S. The van der Waals surface area contributed by atoms with Crippen LogP contribution in [0, 0.1) is 20.8 Å². The maximum atomic E-state index is 12.5. The van der Waals surface area contributed by atoms with Crippen LogP contribution in [0.4, 0.5) is 0 Å². The molecule has 0 bridgehead atoms. The van der Waals surface area contributed by atoms with Gasteiger partial charge in [-0.15, -0.1) is 11.3 Å². The van der Waals surface area contributed by atoms with Crippen LogP contribution in [-0.2, 0) is 0 Å². The number of hydrogen-bond donors (Lipinski definition) is 0. The average Bonchev–Trinajstić information content (AvgIpc) is 2.94. The van der Waals surface area contributed by atoms with Gasteiger partial charge in [-0.2, -0.15) is 0 Å². The van der Waals surface area contributed by atoms with Gasteiger partial charge >= 0.3 is 0 Å². The van der Waals surface area contributed by atoms with Crippen LogP contribution in [0.1, 0.15) is 32.1 Å². The first kappa shape index (κ1) is 12.2. The van der Waals surface area contributed by atoms with Gasteiger partial charge in [0, 0.05) is 10.9 Å². The predicted molar refractivity (Wildman–Crippen MR) is 78.2 cm³/mol. The van der Waals surface area contributed by atoms with Crippen LogP contribution in [0.3, 0.4) is 0 Å². The summed E-state index contributed by atoms with van der Waals surface area (Å²) < 4.78 is 5.75. The van der Waals surface area contributed by atoms with Crippen LogP contribution in [0.25, 0.3) is 11.0 Å². The minimum absolute atomic E-state index is 0.0150. The molecule has 2 nitrogen and oxygen atoms in total. The Hall–Kier alpha value is -1.87. The number of ketones is 1. The molecule has 19 heavy (non-hydrogen) atoms. The van der Waals surface area contributed by atoms with E-state index in [1.165, 1.54) is 16.9 Å². The summed E-state index contributed by atoms with van der Waals surface area (Å²) in [7, 11) is 0. The zero-order valence-electron chi connectivity index (χ0n) is 11.1. The van der Waals surface area contributed by atoms with Crippen molar-refractivity contribution in [3.63, 3.8) is 0 Å².